The first-order valence-electron chi connectivity index (χ1n) is 9.85. The first kappa shape index (κ1) is 13.7. The molecule has 4 atom stereocenters. The van der Waals surface area contributed by atoms with E-state index in [1.54, 1.807) is 11.1 Å². The molecule has 0 spiro atoms. The molecular weight excluding hydrogens is 288 g/mol. The summed E-state index contributed by atoms with van der Waals surface area (Å²) in [5, 5.41) is 0. The molecule has 0 heteroatoms. The summed E-state index contributed by atoms with van der Waals surface area (Å²) in [4.78, 5) is 0. The molecule has 4 fully saturated rings. The second kappa shape index (κ2) is 4.15. The Labute approximate surface area is 145 Å². The van der Waals surface area contributed by atoms with E-state index in [1.165, 1.54) is 36.8 Å². The zero-order valence-corrected chi connectivity index (χ0v) is 14.8. The molecule has 0 aromatic heterocycles. The molecule has 0 amide bonds. The van der Waals surface area contributed by atoms with Gasteiger partial charge < -0.3 is 0 Å². The summed E-state index contributed by atoms with van der Waals surface area (Å²) in [7, 11) is 0. The molecule has 24 heavy (non-hydrogen) atoms. The minimum atomic E-state index is 0.474. The number of fused-ring (bicyclic) bond motifs is 2. The predicted molar refractivity (Wildman–Crippen MR) is 98.1 cm³/mol. The monoisotopic (exact) mass is 314 g/mol. The average molecular weight is 314 g/mol. The first-order chi connectivity index (χ1) is 11.7. The summed E-state index contributed by atoms with van der Waals surface area (Å²) in [5.41, 5.74) is 7.06. The van der Waals surface area contributed by atoms with Gasteiger partial charge in [0.15, 0.2) is 0 Å². The van der Waals surface area contributed by atoms with E-state index in [0.717, 1.165) is 23.7 Å². The van der Waals surface area contributed by atoms with Gasteiger partial charge in [0.1, 0.15) is 0 Å². The van der Waals surface area contributed by atoms with Crippen LogP contribution in [0.2, 0.25) is 0 Å². The molecule has 4 saturated carbocycles. The van der Waals surface area contributed by atoms with Crippen LogP contribution < -0.4 is 0 Å². The smallest absolute Gasteiger partial charge is 0.0118 e. The van der Waals surface area contributed by atoms with E-state index in [0.29, 0.717) is 10.8 Å². The number of aryl methyl sites for hydroxylation is 2. The van der Waals surface area contributed by atoms with Crippen molar-refractivity contribution in [2.75, 3.05) is 0 Å². The molecule has 0 nitrogen and oxygen atoms in total. The zero-order valence-electron chi connectivity index (χ0n) is 14.8. The highest BCUT2D eigenvalue weighted by atomic mass is 14.9. The molecular formula is C24H26. The Balaban J connectivity index is 1.59. The van der Waals surface area contributed by atoms with E-state index in [1.807, 2.05) is 0 Å². The fourth-order valence-corrected chi connectivity index (χ4v) is 8.28. The Bertz CT molecular complexity index is 719. The van der Waals surface area contributed by atoms with Gasteiger partial charge in [-0.2, -0.15) is 0 Å². The molecule has 2 aromatic carbocycles. The Hall–Kier alpha value is -1.56. The fourth-order valence-electron chi connectivity index (χ4n) is 8.28. The summed E-state index contributed by atoms with van der Waals surface area (Å²) in [6, 6.07) is 19.3. The topological polar surface area (TPSA) is 0 Å². The second-order valence-electron chi connectivity index (χ2n) is 9.05. The highest BCUT2D eigenvalue weighted by Crippen LogP contribution is 2.89. The van der Waals surface area contributed by atoms with Gasteiger partial charge in [0.25, 0.3) is 0 Å². The van der Waals surface area contributed by atoms with Crippen LogP contribution in [0.5, 0.6) is 0 Å². The van der Waals surface area contributed by atoms with Gasteiger partial charge in [-0.1, -0.05) is 59.7 Å². The SMILES string of the molecule is Cc1ccc(C23C4CCC2C2CCC4C23c2ccc(C)cc2)cc1. The van der Waals surface area contributed by atoms with Crippen LogP contribution in [0.25, 0.3) is 0 Å². The quantitative estimate of drug-likeness (QED) is 0.681. The predicted octanol–water partition coefficient (Wildman–Crippen LogP) is 5.56. The molecule has 4 unspecified atom stereocenters. The van der Waals surface area contributed by atoms with Crippen molar-refractivity contribution in [1.82, 2.24) is 0 Å². The van der Waals surface area contributed by atoms with Crippen LogP contribution in [0.1, 0.15) is 47.9 Å². The molecule has 0 saturated heterocycles. The molecule has 4 aliphatic rings. The highest BCUT2D eigenvalue weighted by Gasteiger charge is 2.88. The van der Waals surface area contributed by atoms with Gasteiger partial charge in [0.2, 0.25) is 0 Å². The van der Waals surface area contributed by atoms with Gasteiger partial charge in [0.05, 0.1) is 0 Å². The largest absolute Gasteiger partial charge is 0.0590 e. The fraction of sp³-hybridized carbons (Fsp3) is 0.500. The number of benzene rings is 2. The third-order valence-electron chi connectivity index (χ3n) is 8.63. The lowest BCUT2D eigenvalue weighted by Crippen LogP contribution is -2.80. The third-order valence-corrected chi connectivity index (χ3v) is 8.63. The molecule has 4 aliphatic carbocycles. The van der Waals surface area contributed by atoms with E-state index < -0.39 is 0 Å². The standard InChI is InChI=1S/C24H26/c1-15-3-7-17(8-4-15)23-19-11-12-20(23)22-14-13-21(19)24(22,23)18-9-5-16(2)6-10-18/h3-10,19-22H,11-14H2,1-2H3. The Morgan fingerprint density at radius 2 is 0.833 bits per heavy atom. The van der Waals surface area contributed by atoms with E-state index in [9.17, 15) is 0 Å². The Morgan fingerprint density at radius 1 is 0.542 bits per heavy atom. The molecule has 6 rings (SSSR count). The van der Waals surface area contributed by atoms with Crippen molar-refractivity contribution < 1.29 is 0 Å². The van der Waals surface area contributed by atoms with E-state index in [4.69, 9.17) is 0 Å². The average Bonchev–Trinajstić information content (AvgIpc) is 2.88. The van der Waals surface area contributed by atoms with Crippen molar-refractivity contribution in [1.29, 1.82) is 0 Å². The summed E-state index contributed by atoms with van der Waals surface area (Å²) in [6.45, 7) is 4.43. The van der Waals surface area contributed by atoms with E-state index in [2.05, 4.69) is 62.4 Å². The van der Waals surface area contributed by atoms with Gasteiger partial charge in [-0.05, 0) is 74.3 Å². The third kappa shape index (κ3) is 1.16. The lowest BCUT2D eigenvalue weighted by atomic mass is 9.24. The van der Waals surface area contributed by atoms with Gasteiger partial charge in [-0.15, -0.1) is 0 Å². The van der Waals surface area contributed by atoms with Crippen LogP contribution in [-0.4, -0.2) is 0 Å². The maximum Gasteiger partial charge on any atom is 0.0118 e. The molecule has 0 N–H and O–H groups in total. The molecule has 2 aromatic rings. The Kier molecular flexibility index (Phi) is 2.37. The summed E-state index contributed by atoms with van der Waals surface area (Å²) >= 11 is 0. The lowest BCUT2D eigenvalue weighted by molar-refractivity contribution is -0.195. The van der Waals surface area contributed by atoms with Crippen LogP contribution in [0.4, 0.5) is 0 Å². The maximum absolute atomic E-state index is 2.47. The maximum atomic E-state index is 2.47. The van der Waals surface area contributed by atoms with Gasteiger partial charge in [-0.3, -0.25) is 0 Å². The van der Waals surface area contributed by atoms with Crippen molar-refractivity contribution >= 4 is 0 Å². The number of hydrogen-bond acceptors (Lipinski definition) is 0. The van der Waals surface area contributed by atoms with Crippen molar-refractivity contribution in [2.24, 2.45) is 23.7 Å². The van der Waals surface area contributed by atoms with Crippen molar-refractivity contribution in [3.05, 3.63) is 70.8 Å². The van der Waals surface area contributed by atoms with Crippen LogP contribution in [0.3, 0.4) is 0 Å². The minimum absolute atomic E-state index is 0.474. The molecule has 122 valence electrons. The van der Waals surface area contributed by atoms with E-state index in [-0.39, 0.29) is 0 Å². The van der Waals surface area contributed by atoms with Crippen LogP contribution >= 0.6 is 0 Å². The normalized spacial score (nSPS) is 43.9. The summed E-state index contributed by atoms with van der Waals surface area (Å²) < 4.78 is 0. The number of rotatable bonds is 2. The van der Waals surface area contributed by atoms with Crippen LogP contribution in [-0.2, 0) is 10.8 Å². The van der Waals surface area contributed by atoms with Gasteiger partial charge >= 0.3 is 0 Å². The zero-order chi connectivity index (χ0) is 16.1. The number of hydrogen-bond donors (Lipinski definition) is 0. The summed E-state index contributed by atoms with van der Waals surface area (Å²) in [6.07, 6.45) is 5.92. The van der Waals surface area contributed by atoms with Crippen molar-refractivity contribution in [3.8, 4) is 0 Å². The molecule has 0 aliphatic heterocycles. The van der Waals surface area contributed by atoms with Crippen LogP contribution in [0, 0.1) is 37.5 Å². The van der Waals surface area contributed by atoms with E-state index >= 15 is 0 Å². The molecule has 0 bridgehead atoms. The second-order valence-corrected chi connectivity index (χ2v) is 9.05. The van der Waals surface area contributed by atoms with Crippen molar-refractivity contribution in [2.45, 2.75) is 50.4 Å². The molecule has 0 heterocycles. The first-order valence-corrected chi connectivity index (χ1v) is 9.85. The summed E-state index contributed by atoms with van der Waals surface area (Å²) in [5.74, 6) is 3.80. The Morgan fingerprint density at radius 3 is 1.12 bits per heavy atom. The lowest BCUT2D eigenvalue weighted by Gasteiger charge is -2.78. The van der Waals surface area contributed by atoms with Gasteiger partial charge in [-0.25, -0.2) is 0 Å². The van der Waals surface area contributed by atoms with Crippen molar-refractivity contribution in [3.63, 3.8) is 0 Å². The highest BCUT2D eigenvalue weighted by molar-refractivity contribution is 5.58. The molecule has 0 radical (unpaired) electrons. The van der Waals surface area contributed by atoms with Gasteiger partial charge in [0, 0.05) is 10.8 Å². The van der Waals surface area contributed by atoms with Crippen LogP contribution in [0.15, 0.2) is 48.5 Å². The minimum Gasteiger partial charge on any atom is -0.0590 e.